The lowest BCUT2D eigenvalue weighted by molar-refractivity contribution is 0.217. The number of rotatable bonds is 5. The van der Waals surface area contributed by atoms with Gasteiger partial charge in [0.05, 0.1) is 4.47 Å². The second-order valence-electron chi connectivity index (χ2n) is 3.67. The van der Waals surface area contributed by atoms with Gasteiger partial charge in [-0.1, -0.05) is 13.0 Å². The molecule has 0 aromatic heterocycles. The van der Waals surface area contributed by atoms with E-state index in [4.69, 9.17) is 4.74 Å². The SMILES string of the molecule is CCNCC(C)Oc1ccc(C)cc1Br. The summed E-state index contributed by atoms with van der Waals surface area (Å²) in [6.07, 6.45) is 0.184. The van der Waals surface area contributed by atoms with E-state index in [-0.39, 0.29) is 6.10 Å². The highest BCUT2D eigenvalue weighted by atomic mass is 79.9. The van der Waals surface area contributed by atoms with Gasteiger partial charge in [0.25, 0.3) is 0 Å². The van der Waals surface area contributed by atoms with E-state index >= 15 is 0 Å². The average Bonchev–Trinajstić information content (AvgIpc) is 2.19. The summed E-state index contributed by atoms with van der Waals surface area (Å²) in [5.41, 5.74) is 1.23. The van der Waals surface area contributed by atoms with E-state index in [0.717, 1.165) is 23.3 Å². The number of benzene rings is 1. The molecule has 84 valence electrons. The number of hydrogen-bond acceptors (Lipinski definition) is 2. The van der Waals surface area contributed by atoms with Crippen LogP contribution in [0.15, 0.2) is 22.7 Å². The van der Waals surface area contributed by atoms with Crippen LogP contribution in [0.2, 0.25) is 0 Å². The van der Waals surface area contributed by atoms with Crippen molar-refractivity contribution in [3.63, 3.8) is 0 Å². The normalized spacial score (nSPS) is 12.5. The van der Waals surface area contributed by atoms with Crippen molar-refractivity contribution in [2.75, 3.05) is 13.1 Å². The second kappa shape index (κ2) is 6.13. The lowest BCUT2D eigenvalue weighted by Crippen LogP contribution is -2.28. The van der Waals surface area contributed by atoms with Crippen LogP contribution >= 0.6 is 15.9 Å². The zero-order valence-electron chi connectivity index (χ0n) is 9.51. The number of halogens is 1. The minimum Gasteiger partial charge on any atom is -0.488 e. The quantitative estimate of drug-likeness (QED) is 0.889. The highest BCUT2D eigenvalue weighted by molar-refractivity contribution is 9.10. The van der Waals surface area contributed by atoms with E-state index < -0.39 is 0 Å². The van der Waals surface area contributed by atoms with E-state index in [1.54, 1.807) is 0 Å². The van der Waals surface area contributed by atoms with E-state index in [2.05, 4.69) is 54.2 Å². The Bertz CT molecular complexity index is 314. The van der Waals surface area contributed by atoms with Crippen molar-refractivity contribution in [1.82, 2.24) is 5.32 Å². The van der Waals surface area contributed by atoms with Gasteiger partial charge in [-0.05, 0) is 54.0 Å². The van der Waals surface area contributed by atoms with Crippen molar-refractivity contribution in [2.24, 2.45) is 0 Å². The minimum absolute atomic E-state index is 0.184. The predicted octanol–water partition coefficient (Wildman–Crippen LogP) is 3.13. The molecule has 1 N–H and O–H groups in total. The Morgan fingerprint density at radius 1 is 1.47 bits per heavy atom. The number of hydrogen-bond donors (Lipinski definition) is 1. The molecule has 1 rings (SSSR count). The van der Waals surface area contributed by atoms with Gasteiger partial charge in [0, 0.05) is 6.54 Å². The van der Waals surface area contributed by atoms with Crippen LogP contribution in [0.4, 0.5) is 0 Å². The highest BCUT2D eigenvalue weighted by Gasteiger charge is 2.06. The molecule has 3 heteroatoms. The van der Waals surface area contributed by atoms with Crippen molar-refractivity contribution >= 4 is 15.9 Å². The van der Waals surface area contributed by atoms with Gasteiger partial charge >= 0.3 is 0 Å². The third kappa shape index (κ3) is 4.22. The molecule has 0 aliphatic rings. The number of ether oxygens (including phenoxy) is 1. The number of nitrogens with one attached hydrogen (secondary N) is 1. The number of likely N-dealkylation sites (N-methyl/N-ethyl adjacent to an activating group) is 1. The van der Waals surface area contributed by atoms with Crippen LogP contribution in [0.1, 0.15) is 19.4 Å². The molecular formula is C12H18BrNO. The first-order valence-corrected chi connectivity index (χ1v) is 6.06. The molecular weight excluding hydrogens is 254 g/mol. The molecule has 0 spiro atoms. The molecule has 0 bridgehead atoms. The smallest absolute Gasteiger partial charge is 0.133 e. The summed E-state index contributed by atoms with van der Waals surface area (Å²) in [6, 6.07) is 6.12. The fourth-order valence-electron chi connectivity index (χ4n) is 1.31. The van der Waals surface area contributed by atoms with Crippen LogP contribution in [0.5, 0.6) is 5.75 Å². The van der Waals surface area contributed by atoms with Crippen molar-refractivity contribution in [3.05, 3.63) is 28.2 Å². The Hall–Kier alpha value is -0.540. The van der Waals surface area contributed by atoms with Gasteiger partial charge in [0.1, 0.15) is 11.9 Å². The zero-order chi connectivity index (χ0) is 11.3. The van der Waals surface area contributed by atoms with E-state index in [1.807, 2.05) is 6.07 Å². The summed E-state index contributed by atoms with van der Waals surface area (Å²) in [5.74, 6) is 0.908. The molecule has 1 aromatic carbocycles. The van der Waals surface area contributed by atoms with E-state index in [1.165, 1.54) is 5.56 Å². The zero-order valence-corrected chi connectivity index (χ0v) is 11.1. The molecule has 0 saturated carbocycles. The fraction of sp³-hybridized carbons (Fsp3) is 0.500. The van der Waals surface area contributed by atoms with Gasteiger partial charge in [-0.2, -0.15) is 0 Å². The largest absolute Gasteiger partial charge is 0.488 e. The average molecular weight is 272 g/mol. The highest BCUT2D eigenvalue weighted by Crippen LogP contribution is 2.26. The minimum atomic E-state index is 0.184. The first kappa shape index (κ1) is 12.5. The van der Waals surface area contributed by atoms with Gasteiger partial charge in [-0.3, -0.25) is 0 Å². The van der Waals surface area contributed by atoms with Crippen molar-refractivity contribution in [3.8, 4) is 5.75 Å². The van der Waals surface area contributed by atoms with Crippen LogP contribution in [0.25, 0.3) is 0 Å². The van der Waals surface area contributed by atoms with Crippen molar-refractivity contribution < 1.29 is 4.74 Å². The van der Waals surface area contributed by atoms with Crippen LogP contribution in [-0.4, -0.2) is 19.2 Å². The lowest BCUT2D eigenvalue weighted by Gasteiger charge is -2.16. The van der Waals surface area contributed by atoms with Gasteiger partial charge in [0.15, 0.2) is 0 Å². The van der Waals surface area contributed by atoms with E-state index in [0.29, 0.717) is 0 Å². The molecule has 0 heterocycles. The molecule has 0 radical (unpaired) electrons. The first-order valence-electron chi connectivity index (χ1n) is 5.27. The Labute approximate surface area is 100 Å². The Balaban J connectivity index is 2.56. The molecule has 2 nitrogen and oxygen atoms in total. The predicted molar refractivity (Wildman–Crippen MR) is 67.5 cm³/mol. The van der Waals surface area contributed by atoms with Gasteiger partial charge in [-0.15, -0.1) is 0 Å². The topological polar surface area (TPSA) is 21.3 Å². The molecule has 0 amide bonds. The van der Waals surface area contributed by atoms with Gasteiger partial charge in [-0.25, -0.2) is 0 Å². The molecule has 0 aliphatic heterocycles. The lowest BCUT2D eigenvalue weighted by atomic mass is 10.2. The van der Waals surface area contributed by atoms with Gasteiger partial charge < -0.3 is 10.1 Å². The molecule has 1 unspecified atom stereocenters. The van der Waals surface area contributed by atoms with Gasteiger partial charge in [0.2, 0.25) is 0 Å². The molecule has 1 atom stereocenters. The Kier molecular flexibility index (Phi) is 5.12. The van der Waals surface area contributed by atoms with Crippen molar-refractivity contribution in [2.45, 2.75) is 26.9 Å². The third-order valence-electron chi connectivity index (χ3n) is 2.10. The summed E-state index contributed by atoms with van der Waals surface area (Å²) < 4.78 is 6.81. The number of aryl methyl sites for hydroxylation is 1. The summed E-state index contributed by atoms with van der Waals surface area (Å²) >= 11 is 3.50. The summed E-state index contributed by atoms with van der Waals surface area (Å²) in [6.45, 7) is 8.07. The summed E-state index contributed by atoms with van der Waals surface area (Å²) in [7, 11) is 0. The maximum Gasteiger partial charge on any atom is 0.133 e. The second-order valence-corrected chi connectivity index (χ2v) is 4.52. The summed E-state index contributed by atoms with van der Waals surface area (Å²) in [5, 5.41) is 3.26. The van der Waals surface area contributed by atoms with Crippen LogP contribution in [0, 0.1) is 6.92 Å². The van der Waals surface area contributed by atoms with Crippen molar-refractivity contribution in [1.29, 1.82) is 0 Å². The molecule has 1 aromatic rings. The fourth-order valence-corrected chi connectivity index (χ4v) is 1.89. The molecule has 0 aliphatic carbocycles. The Morgan fingerprint density at radius 3 is 2.80 bits per heavy atom. The molecule has 0 saturated heterocycles. The molecule has 15 heavy (non-hydrogen) atoms. The maximum atomic E-state index is 5.79. The standard InChI is InChI=1S/C12H18BrNO/c1-4-14-8-10(3)15-12-6-5-9(2)7-11(12)13/h5-7,10,14H,4,8H2,1-3H3. The molecule has 0 fully saturated rings. The van der Waals surface area contributed by atoms with Crippen LogP contribution < -0.4 is 10.1 Å². The summed E-state index contributed by atoms with van der Waals surface area (Å²) in [4.78, 5) is 0. The Morgan fingerprint density at radius 2 is 2.20 bits per heavy atom. The van der Waals surface area contributed by atoms with Crippen LogP contribution in [-0.2, 0) is 0 Å². The first-order chi connectivity index (χ1) is 7.13. The van der Waals surface area contributed by atoms with E-state index in [9.17, 15) is 0 Å². The monoisotopic (exact) mass is 271 g/mol. The third-order valence-corrected chi connectivity index (χ3v) is 2.72. The maximum absolute atomic E-state index is 5.79. The van der Waals surface area contributed by atoms with Crippen LogP contribution in [0.3, 0.4) is 0 Å².